The van der Waals surface area contributed by atoms with Crippen molar-refractivity contribution in [1.29, 1.82) is 10.5 Å². The Morgan fingerprint density at radius 3 is 2.54 bits per heavy atom. The molecule has 1 atom stereocenters. The fraction of sp³-hybridized carbons (Fsp3) is 0.188. The number of phenolic OH excluding ortho intramolecular Hbond substituents is 1. The minimum atomic E-state index is -0.968. The normalized spacial score (nSPS) is 11.5. The number of phenols is 1. The van der Waals surface area contributed by atoms with Crippen molar-refractivity contribution in [1.82, 2.24) is 4.98 Å². The maximum Gasteiger partial charge on any atom is 0.143 e. The number of rotatable bonds is 5. The van der Waals surface area contributed by atoms with Crippen LogP contribution in [-0.4, -0.2) is 38.8 Å². The summed E-state index contributed by atoms with van der Waals surface area (Å²) in [5.41, 5.74) is 6.75. The molecule has 0 fully saturated rings. The molecule has 0 radical (unpaired) electrons. The zero-order chi connectivity index (χ0) is 17.7. The lowest BCUT2D eigenvalue weighted by Gasteiger charge is -2.14. The number of nitrogens with two attached hydrogens (primary N) is 1. The second-order valence-electron chi connectivity index (χ2n) is 4.85. The van der Waals surface area contributed by atoms with Crippen LogP contribution in [0.4, 0.5) is 5.82 Å². The molecule has 24 heavy (non-hydrogen) atoms. The third kappa shape index (κ3) is 3.58. The lowest BCUT2D eigenvalue weighted by molar-refractivity contribution is 0.113. The summed E-state index contributed by atoms with van der Waals surface area (Å²) >= 11 is 1.06. The van der Waals surface area contributed by atoms with Gasteiger partial charge in [-0.25, -0.2) is 4.98 Å². The Labute approximate surface area is 142 Å². The molecule has 2 aromatic rings. The van der Waals surface area contributed by atoms with Crippen molar-refractivity contribution in [3.63, 3.8) is 0 Å². The molecule has 1 aromatic heterocycles. The van der Waals surface area contributed by atoms with E-state index in [9.17, 15) is 20.7 Å². The predicted molar refractivity (Wildman–Crippen MR) is 89.0 cm³/mol. The first-order valence-corrected chi connectivity index (χ1v) is 7.85. The monoisotopic (exact) mass is 342 g/mol. The van der Waals surface area contributed by atoms with Crippen LogP contribution < -0.4 is 5.73 Å². The zero-order valence-corrected chi connectivity index (χ0v) is 13.3. The first-order chi connectivity index (χ1) is 11.5. The van der Waals surface area contributed by atoms with Gasteiger partial charge in [0, 0.05) is 11.3 Å². The van der Waals surface area contributed by atoms with Gasteiger partial charge in [-0.3, -0.25) is 0 Å². The van der Waals surface area contributed by atoms with E-state index in [1.54, 1.807) is 12.1 Å². The van der Waals surface area contributed by atoms with Gasteiger partial charge >= 0.3 is 0 Å². The van der Waals surface area contributed by atoms with Gasteiger partial charge in [-0.2, -0.15) is 10.5 Å². The third-order valence-electron chi connectivity index (χ3n) is 3.17. The van der Waals surface area contributed by atoms with Gasteiger partial charge in [-0.1, -0.05) is 12.1 Å². The highest BCUT2D eigenvalue weighted by molar-refractivity contribution is 7.99. The third-order valence-corrected chi connectivity index (χ3v) is 4.29. The van der Waals surface area contributed by atoms with Gasteiger partial charge in [0.2, 0.25) is 0 Å². The van der Waals surface area contributed by atoms with E-state index in [4.69, 9.17) is 10.8 Å². The second-order valence-corrected chi connectivity index (χ2v) is 5.86. The van der Waals surface area contributed by atoms with E-state index in [1.165, 1.54) is 12.1 Å². The molecule has 0 amide bonds. The number of hydrogen-bond donors (Lipinski definition) is 4. The van der Waals surface area contributed by atoms with Crippen LogP contribution in [-0.2, 0) is 0 Å². The number of benzene rings is 1. The van der Waals surface area contributed by atoms with Gasteiger partial charge in [0.15, 0.2) is 0 Å². The van der Waals surface area contributed by atoms with Crippen LogP contribution in [0.5, 0.6) is 5.75 Å². The number of aromatic hydroxyl groups is 1. The number of anilines is 1. The summed E-state index contributed by atoms with van der Waals surface area (Å²) in [7, 11) is 0. The summed E-state index contributed by atoms with van der Waals surface area (Å²) in [5.74, 6) is 0.0552. The number of aliphatic hydroxyl groups is 2. The highest BCUT2D eigenvalue weighted by Crippen LogP contribution is 2.36. The molecular formula is C16H14N4O3S. The van der Waals surface area contributed by atoms with Crippen LogP contribution in [0.3, 0.4) is 0 Å². The van der Waals surface area contributed by atoms with Crippen molar-refractivity contribution in [2.75, 3.05) is 18.1 Å². The van der Waals surface area contributed by atoms with Crippen molar-refractivity contribution in [2.45, 2.75) is 11.1 Å². The predicted octanol–water partition coefficient (Wildman–Crippen LogP) is 1.23. The molecule has 1 heterocycles. The molecule has 1 unspecified atom stereocenters. The molecule has 7 nitrogen and oxygen atoms in total. The van der Waals surface area contributed by atoms with E-state index in [1.807, 2.05) is 12.1 Å². The number of aromatic nitrogens is 1. The smallest absolute Gasteiger partial charge is 0.143 e. The Hall–Kier alpha value is -2.78. The fourth-order valence-corrected chi connectivity index (χ4v) is 2.99. The minimum absolute atomic E-state index is 0.0134. The van der Waals surface area contributed by atoms with Gasteiger partial charge < -0.3 is 21.1 Å². The zero-order valence-electron chi connectivity index (χ0n) is 12.5. The standard InChI is InChI=1S/C16H14N4O3S/c17-5-12-14(9-2-1-3-10(22)4-9)13(6-18)16(20-15(12)19)24-8-11(23)7-21/h1-4,11,21-23H,7-8H2,(H2,19,20). The molecular weight excluding hydrogens is 328 g/mol. The largest absolute Gasteiger partial charge is 0.508 e. The number of aliphatic hydroxyl groups excluding tert-OH is 2. The average Bonchev–Trinajstić information content (AvgIpc) is 2.58. The Morgan fingerprint density at radius 1 is 1.25 bits per heavy atom. The van der Waals surface area contributed by atoms with Gasteiger partial charge in [-0.05, 0) is 17.7 Å². The SMILES string of the molecule is N#Cc1c(N)nc(SCC(O)CO)c(C#N)c1-c1cccc(O)c1. The molecule has 0 saturated heterocycles. The Morgan fingerprint density at radius 2 is 1.96 bits per heavy atom. The first-order valence-electron chi connectivity index (χ1n) is 6.86. The molecule has 122 valence electrons. The molecule has 8 heteroatoms. The van der Waals surface area contributed by atoms with E-state index < -0.39 is 12.7 Å². The lowest BCUT2D eigenvalue weighted by Crippen LogP contribution is -2.15. The second kappa shape index (κ2) is 7.66. The van der Waals surface area contributed by atoms with Crippen LogP contribution in [0, 0.1) is 22.7 Å². The van der Waals surface area contributed by atoms with Crippen molar-refractivity contribution < 1.29 is 15.3 Å². The summed E-state index contributed by atoms with van der Waals surface area (Å²) in [5, 5.41) is 47.2. The van der Waals surface area contributed by atoms with E-state index in [0.29, 0.717) is 5.56 Å². The quantitative estimate of drug-likeness (QED) is 0.593. The molecule has 5 N–H and O–H groups in total. The van der Waals surface area contributed by atoms with Crippen molar-refractivity contribution in [3.8, 4) is 29.0 Å². The number of nitrogens with zero attached hydrogens (tertiary/aromatic N) is 3. The van der Waals surface area contributed by atoms with Crippen LogP contribution in [0.1, 0.15) is 11.1 Å². The number of thioether (sulfide) groups is 1. The van der Waals surface area contributed by atoms with Crippen LogP contribution in [0.2, 0.25) is 0 Å². The first kappa shape index (κ1) is 17.6. The highest BCUT2D eigenvalue weighted by Gasteiger charge is 2.21. The van der Waals surface area contributed by atoms with Gasteiger partial charge in [0.25, 0.3) is 0 Å². The average molecular weight is 342 g/mol. The lowest BCUT2D eigenvalue weighted by atomic mass is 9.97. The number of hydrogen-bond acceptors (Lipinski definition) is 8. The molecule has 0 aliphatic carbocycles. The van der Waals surface area contributed by atoms with Crippen molar-refractivity contribution in [3.05, 3.63) is 35.4 Å². The topological polar surface area (TPSA) is 147 Å². The van der Waals surface area contributed by atoms with E-state index in [2.05, 4.69) is 4.98 Å². The molecule has 0 spiro atoms. The maximum atomic E-state index is 9.67. The van der Waals surface area contributed by atoms with Crippen molar-refractivity contribution in [2.24, 2.45) is 0 Å². The molecule has 0 bridgehead atoms. The van der Waals surface area contributed by atoms with Gasteiger partial charge in [0.05, 0.1) is 18.3 Å². The molecule has 0 saturated carbocycles. The van der Waals surface area contributed by atoms with Crippen LogP contribution >= 0.6 is 11.8 Å². The summed E-state index contributed by atoms with van der Waals surface area (Å²) < 4.78 is 0. The molecule has 0 aliphatic rings. The number of pyridine rings is 1. The maximum absolute atomic E-state index is 9.67. The van der Waals surface area contributed by atoms with Gasteiger partial charge in [-0.15, -0.1) is 11.8 Å². The minimum Gasteiger partial charge on any atom is -0.508 e. The van der Waals surface area contributed by atoms with Gasteiger partial charge in [0.1, 0.15) is 34.3 Å². The number of nitrogen functional groups attached to an aromatic ring is 1. The molecule has 0 aliphatic heterocycles. The summed E-state index contributed by atoms with van der Waals surface area (Å²) in [6, 6.07) is 10.1. The van der Waals surface area contributed by atoms with Crippen molar-refractivity contribution >= 4 is 17.6 Å². The highest BCUT2D eigenvalue weighted by atomic mass is 32.2. The van der Waals surface area contributed by atoms with E-state index in [-0.39, 0.29) is 39.0 Å². The Bertz CT molecular complexity index is 842. The summed E-state index contributed by atoms with van der Waals surface area (Å²) in [4.78, 5) is 4.07. The van der Waals surface area contributed by atoms with E-state index in [0.717, 1.165) is 11.8 Å². The summed E-state index contributed by atoms with van der Waals surface area (Å²) in [6.07, 6.45) is -0.968. The number of nitriles is 2. The van der Waals surface area contributed by atoms with Crippen LogP contribution in [0.15, 0.2) is 29.3 Å². The molecule has 2 rings (SSSR count). The van der Waals surface area contributed by atoms with Crippen LogP contribution in [0.25, 0.3) is 11.1 Å². The summed E-state index contributed by atoms with van der Waals surface area (Å²) in [6.45, 7) is -0.417. The Balaban J connectivity index is 2.65. The fourth-order valence-electron chi connectivity index (χ4n) is 2.08. The molecule has 1 aromatic carbocycles. The Kier molecular flexibility index (Phi) is 5.61. The van der Waals surface area contributed by atoms with E-state index >= 15 is 0 Å².